The van der Waals surface area contributed by atoms with Crippen molar-refractivity contribution in [1.82, 2.24) is 0 Å². The van der Waals surface area contributed by atoms with E-state index in [2.05, 4.69) is 0 Å². The van der Waals surface area contributed by atoms with Gasteiger partial charge in [-0.1, -0.05) is 24.3 Å². The van der Waals surface area contributed by atoms with Crippen LogP contribution in [0.1, 0.15) is 17.5 Å². The summed E-state index contributed by atoms with van der Waals surface area (Å²) in [5, 5.41) is 19.1. The van der Waals surface area contributed by atoms with E-state index >= 15 is 0 Å². The molecular formula is C21H22KO10P. The standard InChI is InChI=1S/C21H20O6.K.H3O4P/c1-26-20-11-14(5-9-18(20)24)3-7-16(22)13-17(23)8-4-15-6-10-19(25)21(12-15)27-2;;1-5(2,3)4/h3-12,24-25H,13H2,1-2H3;;(H3,1,2,3,4)/q;+1;/p-1/b7-3+,8-4+;;. The number of ketones is 2. The molecule has 172 valence electrons. The summed E-state index contributed by atoms with van der Waals surface area (Å²) < 4.78 is 18.8. The molecule has 0 heterocycles. The van der Waals surface area contributed by atoms with E-state index in [1.807, 2.05) is 0 Å². The number of ether oxygens (including phenoxy) is 2. The number of allylic oxidation sites excluding steroid dienone is 2. The number of phenols is 2. The number of rotatable bonds is 8. The van der Waals surface area contributed by atoms with Crippen LogP contribution < -0.4 is 65.8 Å². The molecule has 0 aliphatic carbocycles. The maximum atomic E-state index is 11.9. The minimum atomic E-state index is -4.89. The van der Waals surface area contributed by atoms with E-state index in [9.17, 15) is 19.8 Å². The van der Waals surface area contributed by atoms with Gasteiger partial charge in [-0.2, -0.15) is 0 Å². The summed E-state index contributed by atoms with van der Waals surface area (Å²) >= 11 is 0. The number of phosphoric acid groups is 1. The number of benzene rings is 2. The van der Waals surface area contributed by atoms with E-state index < -0.39 is 7.82 Å². The van der Waals surface area contributed by atoms with Gasteiger partial charge in [-0.15, -0.1) is 0 Å². The molecule has 0 radical (unpaired) electrons. The van der Waals surface area contributed by atoms with Crippen LogP contribution in [0, 0.1) is 0 Å². The Balaban J connectivity index is 0.00000154. The van der Waals surface area contributed by atoms with E-state index in [-0.39, 0.29) is 80.9 Å². The first-order valence-electron chi connectivity index (χ1n) is 8.85. The fourth-order valence-electron chi connectivity index (χ4n) is 2.26. The SMILES string of the molecule is COc1cc(/C=C/C(=O)CC(=O)/C=C/c2ccc(O)c(OC)c2)ccc1O.O=P([O-])(O)O.[K+]. The van der Waals surface area contributed by atoms with Gasteiger partial charge >= 0.3 is 51.4 Å². The fourth-order valence-corrected chi connectivity index (χ4v) is 2.26. The fraction of sp³-hybridized carbons (Fsp3) is 0.143. The van der Waals surface area contributed by atoms with Gasteiger partial charge in [0.2, 0.25) is 0 Å². The third kappa shape index (κ3) is 13.5. The number of methoxy groups -OCH3 is 2. The van der Waals surface area contributed by atoms with E-state index in [1.54, 1.807) is 36.4 Å². The van der Waals surface area contributed by atoms with Crippen molar-refractivity contribution in [1.29, 1.82) is 0 Å². The van der Waals surface area contributed by atoms with Crippen LogP contribution in [0.15, 0.2) is 48.6 Å². The summed E-state index contributed by atoms with van der Waals surface area (Å²) in [5.74, 6) is -0.0832. The zero-order valence-electron chi connectivity index (χ0n) is 18.2. The summed E-state index contributed by atoms with van der Waals surface area (Å²) in [5.41, 5.74) is 1.33. The normalized spacial score (nSPS) is 10.8. The van der Waals surface area contributed by atoms with Crippen LogP contribution in [0.2, 0.25) is 0 Å². The molecule has 0 aromatic heterocycles. The van der Waals surface area contributed by atoms with Gasteiger partial charge in [0.25, 0.3) is 7.82 Å². The smallest absolute Gasteiger partial charge is 0.756 e. The molecule has 0 spiro atoms. The van der Waals surface area contributed by atoms with Gasteiger partial charge in [0, 0.05) is 0 Å². The van der Waals surface area contributed by atoms with Crippen LogP contribution in [0.3, 0.4) is 0 Å². The monoisotopic (exact) mass is 504 g/mol. The Morgan fingerprint density at radius 3 is 1.52 bits per heavy atom. The minimum absolute atomic E-state index is 0. The molecule has 10 nitrogen and oxygen atoms in total. The average Bonchev–Trinajstić information content (AvgIpc) is 2.71. The maximum absolute atomic E-state index is 11.9. The number of hydrogen-bond acceptors (Lipinski definition) is 8. The van der Waals surface area contributed by atoms with Crippen LogP contribution in [-0.2, 0) is 14.2 Å². The molecule has 2 rings (SSSR count). The number of carbonyl (C=O) groups excluding carboxylic acids is 2. The molecule has 12 heteroatoms. The van der Waals surface area contributed by atoms with Crippen LogP contribution in [0.5, 0.6) is 23.0 Å². The zero-order chi connectivity index (χ0) is 24.3. The molecule has 4 N–H and O–H groups in total. The molecule has 0 bridgehead atoms. The predicted molar refractivity (Wildman–Crippen MR) is 114 cm³/mol. The van der Waals surface area contributed by atoms with E-state index in [0.717, 1.165) is 0 Å². The number of hydrogen-bond donors (Lipinski definition) is 4. The molecule has 0 unspecified atom stereocenters. The second-order valence-electron chi connectivity index (χ2n) is 6.13. The van der Waals surface area contributed by atoms with Gasteiger partial charge in [0.1, 0.15) is 0 Å². The zero-order valence-corrected chi connectivity index (χ0v) is 22.2. The van der Waals surface area contributed by atoms with Crippen LogP contribution in [-0.4, -0.2) is 45.8 Å². The van der Waals surface area contributed by atoms with Crippen molar-refractivity contribution in [2.24, 2.45) is 0 Å². The molecule has 0 aliphatic heterocycles. The Morgan fingerprint density at radius 2 is 1.21 bits per heavy atom. The molecule has 2 aromatic carbocycles. The van der Waals surface area contributed by atoms with E-state index in [4.69, 9.17) is 28.7 Å². The maximum Gasteiger partial charge on any atom is 1.00 e. The van der Waals surface area contributed by atoms with Gasteiger partial charge in [0.05, 0.1) is 20.6 Å². The molecule has 33 heavy (non-hydrogen) atoms. The quantitative estimate of drug-likeness (QED) is 0.148. The van der Waals surface area contributed by atoms with Gasteiger partial charge in [-0.05, 0) is 47.5 Å². The van der Waals surface area contributed by atoms with Crippen molar-refractivity contribution in [2.75, 3.05) is 14.2 Å². The molecular weight excluding hydrogens is 482 g/mol. The average molecular weight is 504 g/mol. The van der Waals surface area contributed by atoms with Crippen LogP contribution in [0.4, 0.5) is 0 Å². The summed E-state index contributed by atoms with van der Waals surface area (Å²) in [6.45, 7) is 0. The first-order chi connectivity index (χ1) is 14.9. The first kappa shape index (κ1) is 31.2. The number of carbonyl (C=O) groups is 2. The molecule has 0 amide bonds. The summed E-state index contributed by atoms with van der Waals surface area (Å²) in [4.78, 5) is 46.8. The third-order valence-corrected chi connectivity index (χ3v) is 3.68. The van der Waals surface area contributed by atoms with Crippen LogP contribution >= 0.6 is 7.82 Å². The molecule has 2 aromatic rings. The summed E-state index contributed by atoms with van der Waals surface area (Å²) in [7, 11) is -2.02. The molecule has 0 atom stereocenters. The van der Waals surface area contributed by atoms with Crippen molar-refractivity contribution >= 4 is 31.5 Å². The van der Waals surface area contributed by atoms with Crippen molar-refractivity contribution in [3.05, 3.63) is 59.7 Å². The molecule has 0 saturated heterocycles. The Hall–Kier alpha value is -1.79. The summed E-state index contributed by atoms with van der Waals surface area (Å²) in [6.07, 6.45) is 5.44. The van der Waals surface area contributed by atoms with Crippen molar-refractivity contribution in [3.63, 3.8) is 0 Å². The predicted octanol–water partition coefficient (Wildman–Crippen LogP) is -1.19. The van der Waals surface area contributed by atoms with Gasteiger partial charge in [-0.3, -0.25) is 14.2 Å². The van der Waals surface area contributed by atoms with E-state index in [0.29, 0.717) is 22.6 Å². The third-order valence-electron chi connectivity index (χ3n) is 3.68. The second kappa shape index (κ2) is 15.2. The van der Waals surface area contributed by atoms with Crippen molar-refractivity contribution in [3.8, 4) is 23.0 Å². The van der Waals surface area contributed by atoms with Gasteiger partial charge < -0.3 is 34.4 Å². The Morgan fingerprint density at radius 1 is 0.879 bits per heavy atom. The topological polar surface area (TPSA) is 174 Å². The molecule has 0 saturated carbocycles. The molecule has 0 aliphatic rings. The number of phenolic OH excluding ortho intramolecular Hbond substituents is 2. The second-order valence-corrected chi connectivity index (χ2v) is 7.11. The summed E-state index contributed by atoms with van der Waals surface area (Å²) in [6, 6.07) is 9.34. The Bertz CT molecular complexity index is 977. The molecule has 0 fully saturated rings. The largest absolute Gasteiger partial charge is 1.00 e. The van der Waals surface area contributed by atoms with Crippen molar-refractivity contribution < 1.29 is 99.9 Å². The van der Waals surface area contributed by atoms with Gasteiger partial charge in [-0.25, -0.2) is 0 Å². The Kier molecular flexibility index (Phi) is 14.4. The first-order valence-corrected chi connectivity index (χ1v) is 10.4. The van der Waals surface area contributed by atoms with Crippen molar-refractivity contribution in [2.45, 2.75) is 6.42 Å². The van der Waals surface area contributed by atoms with Crippen LogP contribution in [0.25, 0.3) is 12.2 Å². The minimum Gasteiger partial charge on any atom is -0.756 e. The van der Waals surface area contributed by atoms with E-state index in [1.165, 1.54) is 38.5 Å². The van der Waals surface area contributed by atoms with Gasteiger partial charge in [0.15, 0.2) is 34.6 Å². The Labute approximate surface area is 232 Å². The number of aromatic hydroxyl groups is 2.